The van der Waals surface area contributed by atoms with E-state index in [0.29, 0.717) is 0 Å². The molecule has 1 amide bonds. The topological polar surface area (TPSA) is 64.2 Å². The Morgan fingerprint density at radius 2 is 2.11 bits per heavy atom. The molecule has 0 saturated carbocycles. The van der Waals surface area contributed by atoms with Gasteiger partial charge >= 0.3 is 0 Å². The number of aromatic nitrogens is 2. The molecule has 1 aliphatic heterocycles. The van der Waals surface area contributed by atoms with Crippen molar-refractivity contribution in [2.75, 3.05) is 13.1 Å². The molecule has 5 nitrogen and oxygen atoms in total. The van der Waals surface area contributed by atoms with Crippen LogP contribution in [-0.4, -0.2) is 39.5 Å². The van der Waals surface area contributed by atoms with Crippen LogP contribution >= 0.6 is 0 Å². The number of piperidine rings is 1. The highest BCUT2D eigenvalue weighted by atomic mass is 16.2. The second-order valence-electron chi connectivity index (χ2n) is 5.19. The molecule has 1 fully saturated rings. The van der Waals surface area contributed by atoms with E-state index in [1.54, 1.807) is 6.33 Å². The van der Waals surface area contributed by atoms with Gasteiger partial charge in [0.25, 0.3) is 5.91 Å². The normalized spacial score (nSPS) is 17.1. The second kappa shape index (κ2) is 4.66. The number of aryl methyl sites for hydroxylation is 1. The molecule has 2 aromatic rings. The first kappa shape index (κ1) is 12.2. The van der Waals surface area contributed by atoms with Crippen LogP contribution in [0.4, 0.5) is 0 Å². The highest BCUT2D eigenvalue weighted by Gasteiger charge is 2.21. The van der Waals surface area contributed by atoms with Crippen molar-refractivity contribution in [3.05, 3.63) is 30.1 Å². The maximum Gasteiger partial charge on any atom is 0.253 e. The van der Waals surface area contributed by atoms with Gasteiger partial charge in [-0.1, -0.05) is 0 Å². The number of imidazole rings is 1. The minimum Gasteiger partial charge on any atom is -0.339 e. The van der Waals surface area contributed by atoms with E-state index in [4.69, 9.17) is 5.73 Å². The smallest absolute Gasteiger partial charge is 0.253 e. The number of benzene rings is 1. The fourth-order valence-corrected chi connectivity index (χ4v) is 2.54. The molecular weight excluding hydrogens is 240 g/mol. The van der Waals surface area contributed by atoms with Crippen LogP contribution in [0.1, 0.15) is 23.2 Å². The van der Waals surface area contributed by atoms with Crippen LogP contribution in [-0.2, 0) is 7.05 Å². The third-order valence-electron chi connectivity index (χ3n) is 3.80. The number of hydrogen-bond donors (Lipinski definition) is 1. The van der Waals surface area contributed by atoms with E-state index < -0.39 is 0 Å². The number of hydrogen-bond acceptors (Lipinski definition) is 3. The number of rotatable bonds is 1. The predicted octanol–water partition coefficient (Wildman–Crippen LogP) is 1.14. The summed E-state index contributed by atoms with van der Waals surface area (Å²) in [5, 5.41) is 0. The van der Waals surface area contributed by atoms with Crippen molar-refractivity contribution in [3.8, 4) is 0 Å². The summed E-state index contributed by atoms with van der Waals surface area (Å²) in [6.07, 6.45) is 3.54. The van der Waals surface area contributed by atoms with Crippen LogP contribution in [0.3, 0.4) is 0 Å². The van der Waals surface area contributed by atoms with Gasteiger partial charge in [-0.05, 0) is 31.0 Å². The lowest BCUT2D eigenvalue weighted by atomic mass is 10.0. The van der Waals surface area contributed by atoms with Crippen molar-refractivity contribution in [2.24, 2.45) is 12.8 Å². The maximum absolute atomic E-state index is 12.4. The van der Waals surface area contributed by atoms with E-state index in [1.807, 2.05) is 34.7 Å². The molecule has 1 aromatic heterocycles. The zero-order valence-corrected chi connectivity index (χ0v) is 11.0. The Labute approximate surface area is 112 Å². The predicted molar refractivity (Wildman–Crippen MR) is 73.8 cm³/mol. The quantitative estimate of drug-likeness (QED) is 0.834. The molecular formula is C14H18N4O. The Morgan fingerprint density at radius 1 is 1.37 bits per heavy atom. The molecule has 0 unspecified atom stereocenters. The van der Waals surface area contributed by atoms with E-state index in [0.717, 1.165) is 42.5 Å². The number of fused-ring (bicyclic) bond motifs is 1. The first-order chi connectivity index (χ1) is 9.15. The van der Waals surface area contributed by atoms with Gasteiger partial charge in [-0.3, -0.25) is 4.79 Å². The first-order valence-electron chi connectivity index (χ1n) is 6.61. The summed E-state index contributed by atoms with van der Waals surface area (Å²) >= 11 is 0. The number of amides is 1. The van der Waals surface area contributed by atoms with Crippen molar-refractivity contribution in [1.29, 1.82) is 0 Å². The van der Waals surface area contributed by atoms with Gasteiger partial charge in [-0.25, -0.2) is 4.98 Å². The van der Waals surface area contributed by atoms with Gasteiger partial charge in [-0.2, -0.15) is 0 Å². The van der Waals surface area contributed by atoms with Crippen molar-refractivity contribution in [2.45, 2.75) is 18.9 Å². The lowest BCUT2D eigenvalue weighted by Crippen LogP contribution is -2.42. The van der Waals surface area contributed by atoms with Crippen molar-refractivity contribution in [3.63, 3.8) is 0 Å². The summed E-state index contributed by atoms with van der Waals surface area (Å²) in [5.41, 5.74) is 8.50. The SMILES string of the molecule is Cn1cnc2ccc(C(=O)N3CCC(N)CC3)cc21. The first-order valence-corrected chi connectivity index (χ1v) is 6.61. The van der Waals surface area contributed by atoms with Gasteiger partial charge in [0, 0.05) is 31.7 Å². The summed E-state index contributed by atoms with van der Waals surface area (Å²) in [5.74, 6) is 0.0926. The molecule has 1 saturated heterocycles. The average molecular weight is 258 g/mol. The summed E-state index contributed by atoms with van der Waals surface area (Å²) in [6, 6.07) is 5.91. The largest absolute Gasteiger partial charge is 0.339 e. The minimum atomic E-state index is 0.0926. The van der Waals surface area contributed by atoms with E-state index in [9.17, 15) is 4.79 Å². The van der Waals surface area contributed by atoms with Gasteiger partial charge in [0.05, 0.1) is 17.4 Å². The number of carbonyl (C=O) groups excluding carboxylic acids is 1. The summed E-state index contributed by atoms with van der Waals surface area (Å²) in [4.78, 5) is 18.6. The summed E-state index contributed by atoms with van der Waals surface area (Å²) in [7, 11) is 1.93. The zero-order valence-electron chi connectivity index (χ0n) is 11.0. The Morgan fingerprint density at radius 3 is 2.84 bits per heavy atom. The fraction of sp³-hybridized carbons (Fsp3) is 0.429. The standard InChI is InChI=1S/C14H18N4O/c1-17-9-16-12-3-2-10(8-13(12)17)14(19)18-6-4-11(15)5-7-18/h2-3,8-9,11H,4-7,15H2,1H3. The van der Waals surface area contributed by atoms with E-state index in [1.165, 1.54) is 0 Å². The molecule has 3 rings (SSSR count). The molecule has 2 heterocycles. The van der Waals surface area contributed by atoms with Crippen molar-refractivity contribution in [1.82, 2.24) is 14.5 Å². The van der Waals surface area contributed by atoms with Crippen LogP contribution in [0.2, 0.25) is 0 Å². The molecule has 0 radical (unpaired) electrons. The Kier molecular flexibility index (Phi) is 2.98. The Hall–Kier alpha value is -1.88. The Bertz CT molecular complexity index is 611. The third kappa shape index (κ3) is 2.21. The molecule has 5 heteroatoms. The number of likely N-dealkylation sites (tertiary alicyclic amines) is 1. The van der Waals surface area contributed by atoms with Crippen LogP contribution in [0.15, 0.2) is 24.5 Å². The molecule has 19 heavy (non-hydrogen) atoms. The lowest BCUT2D eigenvalue weighted by Gasteiger charge is -2.30. The molecule has 0 atom stereocenters. The molecule has 0 aliphatic carbocycles. The van der Waals surface area contributed by atoms with Gasteiger partial charge in [0.1, 0.15) is 0 Å². The average Bonchev–Trinajstić information content (AvgIpc) is 2.80. The van der Waals surface area contributed by atoms with Gasteiger partial charge in [-0.15, -0.1) is 0 Å². The lowest BCUT2D eigenvalue weighted by molar-refractivity contribution is 0.0715. The monoisotopic (exact) mass is 258 g/mol. The molecule has 1 aliphatic rings. The highest BCUT2D eigenvalue weighted by molar-refractivity contribution is 5.97. The van der Waals surface area contributed by atoms with E-state index in [2.05, 4.69) is 4.98 Å². The fourth-order valence-electron chi connectivity index (χ4n) is 2.54. The molecule has 0 spiro atoms. The molecule has 100 valence electrons. The van der Waals surface area contributed by atoms with E-state index >= 15 is 0 Å². The molecule has 2 N–H and O–H groups in total. The summed E-state index contributed by atoms with van der Waals surface area (Å²) < 4.78 is 1.93. The third-order valence-corrected chi connectivity index (χ3v) is 3.80. The molecule has 1 aromatic carbocycles. The van der Waals surface area contributed by atoms with Gasteiger partial charge < -0.3 is 15.2 Å². The number of nitrogens with zero attached hydrogens (tertiary/aromatic N) is 3. The van der Waals surface area contributed by atoms with Gasteiger partial charge in [0.15, 0.2) is 0 Å². The Balaban J connectivity index is 1.87. The number of carbonyl (C=O) groups is 1. The summed E-state index contributed by atoms with van der Waals surface area (Å²) in [6.45, 7) is 1.51. The molecule has 0 bridgehead atoms. The van der Waals surface area contributed by atoms with Crippen LogP contribution in [0.5, 0.6) is 0 Å². The number of nitrogens with two attached hydrogens (primary N) is 1. The van der Waals surface area contributed by atoms with E-state index in [-0.39, 0.29) is 11.9 Å². The highest BCUT2D eigenvalue weighted by Crippen LogP contribution is 2.17. The van der Waals surface area contributed by atoms with Crippen molar-refractivity contribution >= 4 is 16.9 Å². The van der Waals surface area contributed by atoms with Crippen LogP contribution in [0.25, 0.3) is 11.0 Å². The zero-order chi connectivity index (χ0) is 13.4. The minimum absolute atomic E-state index is 0.0926. The van der Waals surface area contributed by atoms with Crippen LogP contribution in [0, 0.1) is 0 Å². The maximum atomic E-state index is 12.4. The second-order valence-corrected chi connectivity index (χ2v) is 5.19. The van der Waals surface area contributed by atoms with Gasteiger partial charge in [0.2, 0.25) is 0 Å². The van der Waals surface area contributed by atoms with Crippen LogP contribution < -0.4 is 5.73 Å². The van der Waals surface area contributed by atoms with Crippen molar-refractivity contribution < 1.29 is 4.79 Å².